The average molecular weight is 392 g/mol. The molecule has 2 aromatic rings. The number of halogens is 1. The third-order valence-corrected chi connectivity index (χ3v) is 5.52. The molecule has 3 N–H and O–H groups in total. The van der Waals surface area contributed by atoms with Crippen LogP contribution in [0.2, 0.25) is 5.02 Å². The molecule has 1 aromatic heterocycles. The highest BCUT2D eigenvalue weighted by molar-refractivity contribution is 7.12. The van der Waals surface area contributed by atoms with E-state index >= 15 is 0 Å². The molecule has 0 spiro atoms. The van der Waals surface area contributed by atoms with E-state index < -0.39 is 0 Å². The van der Waals surface area contributed by atoms with Gasteiger partial charge in [0.25, 0.3) is 5.91 Å². The van der Waals surface area contributed by atoms with Gasteiger partial charge >= 0.3 is 0 Å². The van der Waals surface area contributed by atoms with Gasteiger partial charge in [0, 0.05) is 29.7 Å². The number of amides is 2. The van der Waals surface area contributed by atoms with Crippen LogP contribution in [-0.4, -0.2) is 29.8 Å². The molecule has 7 heteroatoms. The van der Waals surface area contributed by atoms with Crippen LogP contribution in [0.4, 0.5) is 5.69 Å². The van der Waals surface area contributed by atoms with Crippen molar-refractivity contribution in [1.82, 2.24) is 4.90 Å². The number of nitrogens with zero attached hydrogens (tertiary/aromatic N) is 1. The van der Waals surface area contributed by atoms with Gasteiger partial charge in [-0.25, -0.2) is 0 Å². The van der Waals surface area contributed by atoms with E-state index in [9.17, 15) is 9.59 Å². The Morgan fingerprint density at radius 2 is 2.12 bits per heavy atom. The van der Waals surface area contributed by atoms with Gasteiger partial charge in [0.05, 0.1) is 4.88 Å². The van der Waals surface area contributed by atoms with Crippen LogP contribution < -0.4 is 11.1 Å². The number of anilines is 1. The molecule has 0 radical (unpaired) electrons. The molecule has 138 valence electrons. The molecule has 0 aliphatic heterocycles. The Bertz CT molecular complexity index is 775. The number of nitrogens with one attached hydrogen (secondary N) is 1. The molecular formula is C19H22ClN3O2S. The van der Waals surface area contributed by atoms with Crippen LogP contribution in [0.3, 0.4) is 0 Å². The summed E-state index contributed by atoms with van der Waals surface area (Å²) in [4.78, 5) is 27.2. The maximum Gasteiger partial charge on any atom is 0.265 e. The summed E-state index contributed by atoms with van der Waals surface area (Å²) in [7, 11) is 0. The van der Waals surface area contributed by atoms with Crippen LogP contribution >= 0.6 is 22.9 Å². The quantitative estimate of drug-likeness (QED) is 0.719. The van der Waals surface area contributed by atoms with Crippen molar-refractivity contribution in [3.63, 3.8) is 0 Å². The molecule has 0 atom stereocenters. The minimum absolute atomic E-state index is 0.147. The summed E-state index contributed by atoms with van der Waals surface area (Å²) in [5.41, 5.74) is 7.09. The Kier molecular flexibility index (Phi) is 6.29. The van der Waals surface area contributed by atoms with E-state index in [1.807, 2.05) is 22.4 Å². The summed E-state index contributed by atoms with van der Waals surface area (Å²) in [5, 5.41) is 5.33. The van der Waals surface area contributed by atoms with Gasteiger partial charge in [0.1, 0.15) is 0 Å². The fraction of sp³-hybridized carbons (Fsp3) is 0.368. The van der Waals surface area contributed by atoms with Crippen LogP contribution in [0.1, 0.15) is 34.5 Å². The van der Waals surface area contributed by atoms with E-state index in [4.69, 9.17) is 17.3 Å². The van der Waals surface area contributed by atoms with Gasteiger partial charge in [0.2, 0.25) is 5.91 Å². The Balaban J connectivity index is 1.73. The summed E-state index contributed by atoms with van der Waals surface area (Å²) in [5.74, 6) is 0.165. The summed E-state index contributed by atoms with van der Waals surface area (Å²) in [6, 6.07) is 8.97. The topological polar surface area (TPSA) is 75.4 Å². The first kappa shape index (κ1) is 18.9. The minimum atomic E-state index is -0.151. The van der Waals surface area contributed by atoms with Crippen molar-refractivity contribution < 1.29 is 9.59 Å². The zero-order chi connectivity index (χ0) is 18.5. The number of carbonyl (C=O) groups excluding carboxylic acids is 2. The largest absolute Gasteiger partial charge is 0.338 e. The number of nitrogens with two attached hydrogens (primary N) is 1. The van der Waals surface area contributed by atoms with Crippen molar-refractivity contribution in [3.05, 3.63) is 51.2 Å². The maximum atomic E-state index is 12.5. The number of thiophene rings is 1. The van der Waals surface area contributed by atoms with Gasteiger partial charge in [-0.05, 0) is 61.0 Å². The highest BCUT2D eigenvalue weighted by Crippen LogP contribution is 2.32. The smallest absolute Gasteiger partial charge is 0.265 e. The molecule has 0 saturated heterocycles. The molecule has 1 aliphatic carbocycles. The van der Waals surface area contributed by atoms with Gasteiger partial charge in [-0.2, -0.15) is 0 Å². The van der Waals surface area contributed by atoms with E-state index in [-0.39, 0.29) is 17.7 Å². The lowest BCUT2D eigenvalue weighted by Gasteiger charge is -2.23. The lowest BCUT2D eigenvalue weighted by Crippen LogP contribution is -2.33. The molecule has 1 saturated carbocycles. The molecule has 26 heavy (non-hydrogen) atoms. The van der Waals surface area contributed by atoms with Crippen LogP contribution in [0.5, 0.6) is 0 Å². The SMILES string of the molecule is NCCCN(Cc1cc(NC(=O)c2cccs2)ccc1Cl)C(=O)C1CC1. The predicted octanol–water partition coefficient (Wildman–Crippen LogP) is 3.74. The first-order valence-corrected chi connectivity index (χ1v) is 9.96. The van der Waals surface area contributed by atoms with Gasteiger partial charge < -0.3 is 16.0 Å². The van der Waals surface area contributed by atoms with E-state index in [0.717, 1.165) is 24.8 Å². The third kappa shape index (κ3) is 4.84. The molecule has 2 amide bonds. The number of hydrogen-bond donors (Lipinski definition) is 2. The van der Waals surface area contributed by atoms with Crippen molar-refractivity contribution in [2.45, 2.75) is 25.8 Å². The molecule has 5 nitrogen and oxygen atoms in total. The Hall–Kier alpha value is -1.89. The second kappa shape index (κ2) is 8.66. The second-order valence-corrected chi connectivity index (χ2v) is 7.77. The number of carbonyl (C=O) groups is 2. The third-order valence-electron chi connectivity index (χ3n) is 4.28. The number of benzene rings is 1. The average Bonchev–Trinajstić information content (AvgIpc) is 3.34. The van der Waals surface area contributed by atoms with Gasteiger partial charge in [-0.3, -0.25) is 9.59 Å². The van der Waals surface area contributed by atoms with Gasteiger partial charge in [-0.15, -0.1) is 11.3 Å². The summed E-state index contributed by atoms with van der Waals surface area (Å²) in [6.07, 6.45) is 2.68. The van der Waals surface area contributed by atoms with E-state index in [2.05, 4.69) is 5.32 Å². The Labute approximate surface area is 162 Å². The van der Waals surface area contributed by atoms with E-state index in [0.29, 0.717) is 35.2 Å². The molecule has 0 unspecified atom stereocenters. The molecule has 1 aromatic carbocycles. The fourth-order valence-corrected chi connectivity index (χ4v) is 3.51. The molecule has 1 heterocycles. The molecule has 3 rings (SSSR count). The van der Waals surface area contributed by atoms with Crippen molar-refractivity contribution in [1.29, 1.82) is 0 Å². The molecule has 1 fully saturated rings. The first-order valence-electron chi connectivity index (χ1n) is 8.70. The van der Waals surface area contributed by atoms with Crippen molar-refractivity contribution in [3.8, 4) is 0 Å². The standard InChI is InChI=1S/C19H22ClN3O2S/c20-16-7-6-15(22-18(24)17-3-1-10-26-17)11-14(16)12-23(9-2-8-21)19(25)13-4-5-13/h1,3,6-7,10-11,13H,2,4-5,8-9,12,21H2,(H,22,24). The monoisotopic (exact) mass is 391 g/mol. The van der Waals surface area contributed by atoms with Crippen LogP contribution in [0.15, 0.2) is 35.7 Å². The van der Waals surface area contributed by atoms with Gasteiger partial charge in [0.15, 0.2) is 0 Å². The zero-order valence-electron chi connectivity index (χ0n) is 14.4. The highest BCUT2D eigenvalue weighted by atomic mass is 35.5. The Morgan fingerprint density at radius 3 is 2.77 bits per heavy atom. The lowest BCUT2D eigenvalue weighted by molar-refractivity contribution is -0.133. The Morgan fingerprint density at radius 1 is 1.31 bits per heavy atom. The van der Waals surface area contributed by atoms with Gasteiger partial charge in [-0.1, -0.05) is 17.7 Å². The molecule has 1 aliphatic rings. The maximum absolute atomic E-state index is 12.5. The predicted molar refractivity (Wildman–Crippen MR) is 106 cm³/mol. The normalized spacial score (nSPS) is 13.5. The highest BCUT2D eigenvalue weighted by Gasteiger charge is 2.33. The van der Waals surface area contributed by atoms with Crippen LogP contribution in [-0.2, 0) is 11.3 Å². The molecule has 0 bridgehead atoms. The molecular weight excluding hydrogens is 370 g/mol. The second-order valence-electron chi connectivity index (χ2n) is 6.41. The first-order chi connectivity index (χ1) is 12.6. The zero-order valence-corrected chi connectivity index (χ0v) is 16.0. The lowest BCUT2D eigenvalue weighted by atomic mass is 10.1. The minimum Gasteiger partial charge on any atom is -0.338 e. The van der Waals surface area contributed by atoms with Crippen LogP contribution in [0.25, 0.3) is 0 Å². The van der Waals surface area contributed by atoms with E-state index in [1.54, 1.807) is 18.2 Å². The number of hydrogen-bond acceptors (Lipinski definition) is 4. The van der Waals surface area contributed by atoms with Crippen molar-refractivity contribution >= 4 is 40.4 Å². The van der Waals surface area contributed by atoms with Crippen LogP contribution in [0, 0.1) is 5.92 Å². The summed E-state index contributed by atoms with van der Waals surface area (Å²) >= 11 is 7.73. The number of rotatable bonds is 8. The van der Waals surface area contributed by atoms with Crippen molar-refractivity contribution in [2.75, 3.05) is 18.4 Å². The summed E-state index contributed by atoms with van der Waals surface area (Å²) in [6.45, 7) is 1.59. The van der Waals surface area contributed by atoms with Crippen molar-refractivity contribution in [2.24, 2.45) is 11.7 Å². The fourth-order valence-electron chi connectivity index (χ4n) is 2.72. The summed E-state index contributed by atoms with van der Waals surface area (Å²) < 4.78 is 0. The van der Waals surface area contributed by atoms with E-state index in [1.165, 1.54) is 11.3 Å².